The largest absolute Gasteiger partial charge is 0.508 e. The summed E-state index contributed by atoms with van der Waals surface area (Å²) in [5.74, 6) is 0.585. The van der Waals surface area contributed by atoms with Gasteiger partial charge in [-0.25, -0.2) is 9.98 Å². The van der Waals surface area contributed by atoms with Gasteiger partial charge < -0.3 is 15.9 Å². The lowest BCUT2D eigenvalue weighted by Crippen LogP contribution is -2.16. The highest BCUT2D eigenvalue weighted by atomic mass is 32.2. The van der Waals surface area contributed by atoms with Gasteiger partial charge in [0.1, 0.15) is 23.2 Å². The van der Waals surface area contributed by atoms with E-state index in [-0.39, 0.29) is 17.3 Å². The van der Waals surface area contributed by atoms with Crippen molar-refractivity contribution in [1.29, 1.82) is 0 Å². The van der Waals surface area contributed by atoms with E-state index in [2.05, 4.69) is 29.2 Å². The summed E-state index contributed by atoms with van der Waals surface area (Å²) in [4.78, 5) is 8.23. The fourth-order valence-electron chi connectivity index (χ4n) is 1.22. The van der Waals surface area contributed by atoms with E-state index in [9.17, 15) is 10.2 Å². The molecule has 4 N–H and O–H groups in total. The van der Waals surface area contributed by atoms with Gasteiger partial charge in [-0.2, -0.15) is 12.6 Å². The van der Waals surface area contributed by atoms with Gasteiger partial charge in [0.15, 0.2) is 0 Å². The molecule has 0 fully saturated rings. The summed E-state index contributed by atoms with van der Waals surface area (Å²) < 4.78 is 0. The summed E-state index contributed by atoms with van der Waals surface area (Å²) >= 11 is 5.50. The number of hydrogen-bond donors (Lipinski definition) is 4. The molecule has 19 heavy (non-hydrogen) atoms. The first-order chi connectivity index (χ1) is 8.97. The molecule has 1 aromatic rings. The van der Waals surface area contributed by atoms with E-state index < -0.39 is 0 Å². The second kappa shape index (κ2) is 7.10. The summed E-state index contributed by atoms with van der Waals surface area (Å²) in [5, 5.41) is 19.5. The zero-order valence-electron chi connectivity index (χ0n) is 10.4. The first kappa shape index (κ1) is 15.5. The van der Waals surface area contributed by atoms with Crippen molar-refractivity contribution in [2.45, 2.75) is 0 Å². The van der Waals surface area contributed by atoms with Gasteiger partial charge in [-0.3, -0.25) is 0 Å². The lowest BCUT2D eigenvalue weighted by Gasteiger charge is -2.05. The minimum Gasteiger partial charge on any atom is -0.508 e. The fourth-order valence-corrected chi connectivity index (χ4v) is 1.56. The SMILES string of the molecule is C=C(/N=C(CS)\N=C(/N)c1ccc(O)cc1O)SC. The highest BCUT2D eigenvalue weighted by Crippen LogP contribution is 2.22. The predicted molar refractivity (Wildman–Crippen MR) is 84.4 cm³/mol. The number of amidine groups is 2. The standard InChI is InChI=1S/C12H15N3O2S2/c1-7(19-2)14-11(6-18)15-12(13)9-4-3-8(16)5-10(9)17/h3-5,16-18H,1,6H2,2H3,(H2,13,14,15). The number of thiol groups is 1. The number of nitrogens with zero attached hydrogens (tertiary/aromatic N) is 2. The highest BCUT2D eigenvalue weighted by molar-refractivity contribution is 8.02. The number of thioether (sulfide) groups is 1. The zero-order chi connectivity index (χ0) is 14.4. The molecule has 0 saturated carbocycles. The molecule has 5 nitrogen and oxygen atoms in total. The molecule has 0 bridgehead atoms. The zero-order valence-corrected chi connectivity index (χ0v) is 12.1. The highest BCUT2D eigenvalue weighted by Gasteiger charge is 2.07. The normalized spacial score (nSPS) is 12.5. The average Bonchev–Trinajstić information content (AvgIpc) is 2.37. The van der Waals surface area contributed by atoms with Gasteiger partial charge in [0.2, 0.25) is 0 Å². The molecule has 0 heterocycles. The molecule has 1 aromatic carbocycles. The molecule has 0 aromatic heterocycles. The van der Waals surface area contributed by atoms with Gasteiger partial charge >= 0.3 is 0 Å². The van der Waals surface area contributed by atoms with Crippen LogP contribution in [0.4, 0.5) is 0 Å². The lowest BCUT2D eigenvalue weighted by atomic mass is 10.2. The Morgan fingerprint density at radius 3 is 2.63 bits per heavy atom. The van der Waals surface area contributed by atoms with Crippen molar-refractivity contribution < 1.29 is 10.2 Å². The van der Waals surface area contributed by atoms with Crippen molar-refractivity contribution >= 4 is 36.1 Å². The molecule has 0 amide bonds. The lowest BCUT2D eigenvalue weighted by molar-refractivity contribution is 0.450. The molecule has 0 atom stereocenters. The third kappa shape index (κ3) is 4.53. The van der Waals surface area contributed by atoms with E-state index >= 15 is 0 Å². The average molecular weight is 297 g/mol. The molecule has 0 spiro atoms. The van der Waals surface area contributed by atoms with Gasteiger partial charge in [0.05, 0.1) is 16.3 Å². The minimum absolute atomic E-state index is 0.0482. The van der Waals surface area contributed by atoms with Crippen LogP contribution >= 0.6 is 24.4 Å². The molecule has 102 valence electrons. The molecule has 0 aliphatic carbocycles. The monoisotopic (exact) mass is 297 g/mol. The van der Waals surface area contributed by atoms with Crippen molar-refractivity contribution in [3.05, 3.63) is 35.4 Å². The van der Waals surface area contributed by atoms with Crippen LogP contribution in [0, 0.1) is 0 Å². The summed E-state index contributed by atoms with van der Waals surface area (Å²) in [6.07, 6.45) is 1.85. The topological polar surface area (TPSA) is 91.2 Å². The maximum absolute atomic E-state index is 9.67. The number of aromatic hydroxyl groups is 2. The predicted octanol–water partition coefficient (Wildman–Crippen LogP) is 1.97. The second-order valence-electron chi connectivity index (χ2n) is 3.48. The Labute approximate surface area is 121 Å². The second-order valence-corrected chi connectivity index (χ2v) is 4.68. The maximum Gasteiger partial charge on any atom is 0.141 e. The van der Waals surface area contributed by atoms with Crippen molar-refractivity contribution in [3.8, 4) is 11.5 Å². The first-order valence-corrected chi connectivity index (χ1v) is 7.11. The van der Waals surface area contributed by atoms with Crippen molar-refractivity contribution in [2.75, 3.05) is 12.0 Å². The van der Waals surface area contributed by atoms with Crippen LogP contribution < -0.4 is 5.73 Å². The quantitative estimate of drug-likeness (QED) is 0.388. The summed E-state index contributed by atoms with van der Waals surface area (Å²) in [5.41, 5.74) is 6.12. The van der Waals surface area contributed by atoms with Gasteiger partial charge in [-0.1, -0.05) is 6.58 Å². The van der Waals surface area contributed by atoms with Crippen LogP contribution in [0.5, 0.6) is 11.5 Å². The molecule has 7 heteroatoms. The molecule has 0 aliphatic rings. The minimum atomic E-state index is -0.150. The number of rotatable bonds is 4. The van der Waals surface area contributed by atoms with Crippen molar-refractivity contribution in [1.82, 2.24) is 0 Å². The molecule has 0 aliphatic heterocycles. The smallest absolute Gasteiger partial charge is 0.141 e. The van der Waals surface area contributed by atoms with Crippen LogP contribution in [-0.2, 0) is 0 Å². The Morgan fingerprint density at radius 1 is 1.42 bits per heavy atom. The van der Waals surface area contributed by atoms with Crippen LogP contribution in [0.15, 0.2) is 39.8 Å². The van der Waals surface area contributed by atoms with E-state index in [1.165, 1.54) is 30.0 Å². The van der Waals surface area contributed by atoms with Gasteiger partial charge in [-0.15, -0.1) is 11.8 Å². The Hall–Kier alpha value is -1.60. The number of benzene rings is 1. The van der Waals surface area contributed by atoms with E-state index in [1.54, 1.807) is 0 Å². The molecule has 0 unspecified atom stereocenters. The van der Waals surface area contributed by atoms with Gasteiger partial charge in [-0.05, 0) is 18.4 Å². The molecule has 0 radical (unpaired) electrons. The Balaban J connectivity index is 3.09. The van der Waals surface area contributed by atoms with Crippen LogP contribution in [0.2, 0.25) is 0 Å². The number of aliphatic imine (C=N–C) groups is 2. The number of phenols is 2. The molecule has 1 rings (SSSR count). The maximum atomic E-state index is 9.67. The summed E-state index contributed by atoms with van der Waals surface area (Å²) in [6.45, 7) is 3.72. The molecular weight excluding hydrogens is 282 g/mol. The van der Waals surface area contributed by atoms with E-state index in [0.29, 0.717) is 22.2 Å². The Kier molecular flexibility index (Phi) is 5.78. The molecular formula is C12H15N3O2S2. The van der Waals surface area contributed by atoms with E-state index in [1.807, 2.05) is 6.26 Å². The van der Waals surface area contributed by atoms with Crippen molar-refractivity contribution in [3.63, 3.8) is 0 Å². The number of phenolic OH excluding ortho intramolecular Hbond substituents is 2. The van der Waals surface area contributed by atoms with Gasteiger partial charge in [0, 0.05) is 6.07 Å². The summed E-state index contributed by atoms with van der Waals surface area (Å²) in [7, 11) is 0. The van der Waals surface area contributed by atoms with Crippen molar-refractivity contribution in [2.24, 2.45) is 15.7 Å². The van der Waals surface area contributed by atoms with Crippen LogP contribution in [-0.4, -0.2) is 33.9 Å². The number of hydrogen-bond acceptors (Lipinski definition) is 5. The third-order valence-corrected chi connectivity index (χ3v) is 2.98. The first-order valence-electron chi connectivity index (χ1n) is 5.25. The fraction of sp³-hybridized carbons (Fsp3) is 0.167. The molecule has 0 saturated heterocycles. The Bertz CT molecular complexity index is 542. The van der Waals surface area contributed by atoms with Crippen LogP contribution in [0.3, 0.4) is 0 Å². The number of nitrogens with two attached hydrogens (primary N) is 1. The van der Waals surface area contributed by atoms with E-state index in [0.717, 1.165) is 0 Å². The Morgan fingerprint density at radius 2 is 2.11 bits per heavy atom. The summed E-state index contributed by atoms with van der Waals surface area (Å²) in [6, 6.07) is 4.08. The van der Waals surface area contributed by atoms with Crippen LogP contribution in [0.25, 0.3) is 0 Å². The van der Waals surface area contributed by atoms with Gasteiger partial charge in [0.25, 0.3) is 0 Å². The van der Waals surface area contributed by atoms with E-state index in [4.69, 9.17) is 5.73 Å². The third-order valence-electron chi connectivity index (χ3n) is 2.14. The van der Waals surface area contributed by atoms with Crippen LogP contribution in [0.1, 0.15) is 5.56 Å².